The van der Waals surface area contributed by atoms with Crippen LogP contribution in [0.1, 0.15) is 21.7 Å². The molecular formula is C22H24N8O2. The van der Waals surface area contributed by atoms with Crippen molar-refractivity contribution in [3.63, 3.8) is 0 Å². The lowest BCUT2D eigenvalue weighted by Crippen LogP contribution is -2.46. The smallest absolute Gasteiger partial charge is 0.333 e. The molecule has 0 spiro atoms. The number of anilines is 1. The highest BCUT2D eigenvalue weighted by molar-refractivity contribution is 5.92. The van der Waals surface area contributed by atoms with Gasteiger partial charge in [-0.3, -0.25) is 9.69 Å². The first kappa shape index (κ1) is 20.1. The van der Waals surface area contributed by atoms with Gasteiger partial charge < -0.3 is 15.2 Å². The maximum Gasteiger partial charge on any atom is 0.333 e. The summed E-state index contributed by atoms with van der Waals surface area (Å²) in [6.45, 7) is 6.33. The molecule has 3 aromatic heterocycles. The zero-order chi connectivity index (χ0) is 22.2. The van der Waals surface area contributed by atoms with Gasteiger partial charge in [0.05, 0.1) is 16.9 Å². The van der Waals surface area contributed by atoms with E-state index >= 15 is 0 Å². The van der Waals surface area contributed by atoms with E-state index in [0.29, 0.717) is 11.3 Å². The van der Waals surface area contributed by atoms with Crippen molar-refractivity contribution >= 4 is 28.1 Å². The van der Waals surface area contributed by atoms with Gasteiger partial charge in [0.2, 0.25) is 0 Å². The number of amides is 1. The molecule has 5 rings (SSSR count). The summed E-state index contributed by atoms with van der Waals surface area (Å²) in [6.07, 6.45) is 1.42. The zero-order valence-corrected chi connectivity index (χ0v) is 18.0. The van der Waals surface area contributed by atoms with Crippen molar-refractivity contribution < 1.29 is 4.79 Å². The lowest BCUT2D eigenvalue weighted by molar-refractivity contribution is 0.0958. The Hall–Kier alpha value is -3.79. The van der Waals surface area contributed by atoms with Crippen molar-refractivity contribution in [3.05, 3.63) is 64.1 Å². The Balaban J connectivity index is 1.28. The van der Waals surface area contributed by atoms with Crippen LogP contribution in [0.25, 0.3) is 16.6 Å². The lowest BCUT2D eigenvalue weighted by Gasteiger charge is -2.36. The molecule has 0 saturated carbocycles. The van der Waals surface area contributed by atoms with Crippen LogP contribution < -0.4 is 15.9 Å². The van der Waals surface area contributed by atoms with Crippen LogP contribution in [0.15, 0.2) is 41.5 Å². The highest BCUT2D eigenvalue weighted by atomic mass is 16.2. The molecule has 1 amide bonds. The van der Waals surface area contributed by atoms with Crippen LogP contribution in [0.2, 0.25) is 0 Å². The summed E-state index contributed by atoms with van der Waals surface area (Å²) in [4.78, 5) is 36.1. The number of carbonyl (C=O) groups is 1. The Labute approximate surface area is 183 Å². The number of nitrogens with one attached hydrogen (secondary N) is 2. The normalized spacial score (nSPS) is 14.9. The molecule has 0 aliphatic carbocycles. The molecule has 4 aromatic rings. The van der Waals surface area contributed by atoms with E-state index in [1.807, 2.05) is 25.1 Å². The van der Waals surface area contributed by atoms with Crippen LogP contribution in [-0.4, -0.2) is 68.6 Å². The van der Waals surface area contributed by atoms with Crippen molar-refractivity contribution in [2.45, 2.75) is 13.5 Å². The van der Waals surface area contributed by atoms with Crippen LogP contribution in [0.5, 0.6) is 0 Å². The van der Waals surface area contributed by atoms with Gasteiger partial charge in [-0.25, -0.2) is 14.2 Å². The van der Waals surface area contributed by atoms with Gasteiger partial charge in [-0.1, -0.05) is 6.07 Å². The van der Waals surface area contributed by atoms with Gasteiger partial charge in [0.25, 0.3) is 5.91 Å². The molecule has 10 heteroatoms. The summed E-state index contributed by atoms with van der Waals surface area (Å²) in [5, 5.41) is 11.4. The van der Waals surface area contributed by atoms with E-state index in [0.717, 1.165) is 60.6 Å². The second kappa shape index (κ2) is 8.04. The number of nitrogens with zero attached hydrogens (tertiary/aromatic N) is 6. The summed E-state index contributed by atoms with van der Waals surface area (Å²) in [6, 6.07) is 9.84. The Morgan fingerprint density at radius 1 is 1.16 bits per heavy atom. The lowest BCUT2D eigenvalue weighted by atomic mass is 10.1. The fourth-order valence-electron chi connectivity index (χ4n) is 4.28. The fraction of sp³-hybridized carbons (Fsp3) is 0.318. The number of aryl methyl sites for hydroxylation is 1. The molecule has 0 atom stereocenters. The standard InChI is InChI=1S/C22H24N8O2/c1-14-19(6-5-17(25-14)21(31)23-2)29-9-7-28(8-10-29)12-15-3-4-16-18(11-15)26-22(32)30-13-24-27-20(16)30/h3-6,11,13H,7-10,12H2,1-2H3,(H,23,31)(H,26,32). The third-order valence-electron chi connectivity index (χ3n) is 5.97. The van der Waals surface area contributed by atoms with Crippen LogP contribution in [-0.2, 0) is 6.54 Å². The summed E-state index contributed by atoms with van der Waals surface area (Å²) < 4.78 is 1.42. The quantitative estimate of drug-likeness (QED) is 0.494. The van der Waals surface area contributed by atoms with E-state index < -0.39 is 0 Å². The van der Waals surface area contributed by atoms with E-state index in [1.165, 1.54) is 10.7 Å². The molecular weight excluding hydrogens is 408 g/mol. The van der Waals surface area contributed by atoms with E-state index in [4.69, 9.17) is 0 Å². The summed E-state index contributed by atoms with van der Waals surface area (Å²) in [5.41, 5.74) is 4.59. The predicted octanol–water partition coefficient (Wildman–Crippen LogP) is 0.956. The van der Waals surface area contributed by atoms with Crippen molar-refractivity contribution in [1.82, 2.24) is 34.8 Å². The first-order valence-electron chi connectivity index (χ1n) is 10.5. The Morgan fingerprint density at radius 3 is 2.72 bits per heavy atom. The number of aromatic amines is 1. The van der Waals surface area contributed by atoms with Gasteiger partial charge in [0, 0.05) is 45.2 Å². The highest BCUT2D eigenvalue weighted by Crippen LogP contribution is 2.22. The molecule has 0 radical (unpaired) electrons. The van der Waals surface area contributed by atoms with Crippen LogP contribution >= 0.6 is 0 Å². The molecule has 0 bridgehead atoms. The third kappa shape index (κ3) is 3.58. The van der Waals surface area contributed by atoms with Gasteiger partial charge in [-0.2, -0.15) is 0 Å². The minimum absolute atomic E-state index is 0.175. The van der Waals surface area contributed by atoms with E-state index in [9.17, 15) is 9.59 Å². The number of H-pyrrole nitrogens is 1. The average Bonchev–Trinajstić information content (AvgIpc) is 3.30. The van der Waals surface area contributed by atoms with Gasteiger partial charge in [0.15, 0.2) is 5.65 Å². The number of carbonyl (C=O) groups excluding carboxylic acids is 1. The van der Waals surface area contributed by atoms with Gasteiger partial charge >= 0.3 is 5.69 Å². The SMILES string of the molecule is CNC(=O)c1ccc(N2CCN(Cc3ccc4c(c3)[nH]c(=O)n3cnnc43)CC2)c(C)n1. The summed E-state index contributed by atoms with van der Waals surface area (Å²) in [7, 11) is 1.61. The number of hydrogen-bond donors (Lipinski definition) is 2. The van der Waals surface area contributed by atoms with Crippen molar-refractivity contribution in [2.24, 2.45) is 0 Å². The molecule has 10 nitrogen and oxygen atoms in total. The fourth-order valence-corrected chi connectivity index (χ4v) is 4.28. The Kier molecular flexibility index (Phi) is 5.06. The largest absolute Gasteiger partial charge is 0.368 e. The monoisotopic (exact) mass is 432 g/mol. The Bertz CT molecular complexity index is 1370. The van der Waals surface area contributed by atoms with Gasteiger partial charge in [-0.05, 0) is 36.8 Å². The number of fused-ring (bicyclic) bond motifs is 3. The first-order valence-corrected chi connectivity index (χ1v) is 10.5. The van der Waals surface area contributed by atoms with Gasteiger partial charge in [-0.15, -0.1) is 10.2 Å². The number of piperazine rings is 1. The van der Waals surface area contributed by atoms with Crippen LogP contribution in [0, 0.1) is 6.92 Å². The topological polar surface area (TPSA) is 112 Å². The molecule has 1 aliphatic rings. The number of pyridine rings is 1. The molecule has 1 fully saturated rings. The van der Waals surface area contributed by atoms with Crippen LogP contribution in [0.4, 0.5) is 5.69 Å². The molecule has 2 N–H and O–H groups in total. The molecule has 4 heterocycles. The minimum Gasteiger partial charge on any atom is -0.368 e. The zero-order valence-electron chi connectivity index (χ0n) is 18.0. The molecule has 1 aromatic carbocycles. The predicted molar refractivity (Wildman–Crippen MR) is 121 cm³/mol. The van der Waals surface area contributed by atoms with Crippen molar-refractivity contribution in [3.8, 4) is 0 Å². The first-order chi connectivity index (χ1) is 15.5. The van der Waals surface area contributed by atoms with Gasteiger partial charge in [0.1, 0.15) is 12.0 Å². The molecule has 32 heavy (non-hydrogen) atoms. The maximum atomic E-state index is 12.2. The van der Waals surface area contributed by atoms with Crippen LogP contribution in [0.3, 0.4) is 0 Å². The van der Waals surface area contributed by atoms with Crippen molar-refractivity contribution in [2.75, 3.05) is 38.1 Å². The second-order valence-electron chi connectivity index (χ2n) is 7.98. The molecule has 1 aliphatic heterocycles. The second-order valence-corrected chi connectivity index (χ2v) is 7.98. The van der Waals surface area contributed by atoms with Crippen molar-refractivity contribution in [1.29, 1.82) is 0 Å². The number of aromatic nitrogens is 5. The molecule has 1 saturated heterocycles. The summed E-state index contributed by atoms with van der Waals surface area (Å²) in [5.74, 6) is -0.175. The maximum absolute atomic E-state index is 12.2. The summed E-state index contributed by atoms with van der Waals surface area (Å²) >= 11 is 0. The number of rotatable bonds is 4. The van der Waals surface area contributed by atoms with E-state index in [-0.39, 0.29) is 11.6 Å². The Morgan fingerprint density at radius 2 is 1.97 bits per heavy atom. The number of benzene rings is 1. The van der Waals surface area contributed by atoms with E-state index in [2.05, 4.69) is 41.3 Å². The third-order valence-corrected chi connectivity index (χ3v) is 5.97. The molecule has 0 unspecified atom stereocenters. The highest BCUT2D eigenvalue weighted by Gasteiger charge is 2.20. The number of hydrogen-bond acceptors (Lipinski definition) is 7. The minimum atomic E-state index is -0.241. The van der Waals surface area contributed by atoms with E-state index in [1.54, 1.807) is 13.1 Å². The molecule has 164 valence electrons. The average molecular weight is 432 g/mol.